The molecule has 0 radical (unpaired) electrons. The summed E-state index contributed by atoms with van der Waals surface area (Å²) in [5, 5.41) is 2.82. The number of pyridine rings is 1. The number of halogens is 1. The Kier molecular flexibility index (Phi) is 4.02. The van der Waals surface area contributed by atoms with Crippen molar-refractivity contribution < 1.29 is 9.18 Å². The van der Waals surface area contributed by atoms with Gasteiger partial charge >= 0.3 is 0 Å². The number of likely N-dealkylation sites (tertiary alicyclic amines) is 1. The summed E-state index contributed by atoms with van der Waals surface area (Å²) in [5.41, 5.74) is 0.104. The zero-order chi connectivity index (χ0) is 14.0. The van der Waals surface area contributed by atoms with E-state index in [0.717, 1.165) is 6.42 Å². The highest BCUT2D eigenvalue weighted by molar-refractivity contribution is 5.95. The normalized spacial score (nSPS) is 22.6. The maximum Gasteiger partial charge on any atom is 0.257 e. The van der Waals surface area contributed by atoms with E-state index >= 15 is 0 Å². The number of hydrogen-bond donors (Lipinski definition) is 1. The van der Waals surface area contributed by atoms with E-state index in [1.807, 2.05) is 13.8 Å². The third kappa shape index (κ3) is 2.69. The number of carbonyl (C=O) groups is 1. The summed E-state index contributed by atoms with van der Waals surface area (Å²) in [4.78, 5) is 18.1. The fraction of sp³-hybridized carbons (Fsp3) is 0.571. The van der Waals surface area contributed by atoms with Crippen molar-refractivity contribution in [2.75, 3.05) is 18.4 Å². The molecular weight excluding hydrogens is 245 g/mol. The number of amides is 1. The van der Waals surface area contributed by atoms with Crippen LogP contribution in [0.25, 0.3) is 0 Å². The van der Waals surface area contributed by atoms with Gasteiger partial charge in [-0.25, -0.2) is 9.37 Å². The lowest BCUT2D eigenvalue weighted by Crippen LogP contribution is -2.34. The smallest absolute Gasteiger partial charge is 0.257 e. The molecule has 0 aromatic carbocycles. The molecule has 0 spiro atoms. The fourth-order valence-corrected chi connectivity index (χ4v) is 2.64. The molecule has 104 valence electrons. The number of hydrogen-bond acceptors (Lipinski definition) is 3. The predicted molar refractivity (Wildman–Crippen MR) is 72.6 cm³/mol. The molecule has 1 aromatic heterocycles. The fourth-order valence-electron chi connectivity index (χ4n) is 2.64. The van der Waals surface area contributed by atoms with Crippen molar-refractivity contribution in [1.29, 1.82) is 0 Å². The number of nitrogens with zero attached hydrogens (tertiary/aromatic N) is 2. The van der Waals surface area contributed by atoms with Gasteiger partial charge in [-0.3, -0.25) is 4.79 Å². The van der Waals surface area contributed by atoms with E-state index in [1.54, 1.807) is 4.90 Å². The lowest BCUT2D eigenvalue weighted by Gasteiger charge is -2.22. The van der Waals surface area contributed by atoms with Crippen LogP contribution in [0, 0.1) is 11.7 Å². The van der Waals surface area contributed by atoms with Crippen LogP contribution in [-0.2, 0) is 0 Å². The minimum Gasteiger partial charge on any atom is -0.368 e. The van der Waals surface area contributed by atoms with Crippen LogP contribution in [0.2, 0.25) is 0 Å². The van der Waals surface area contributed by atoms with Crippen LogP contribution in [-0.4, -0.2) is 34.9 Å². The average molecular weight is 265 g/mol. The molecule has 2 heterocycles. The van der Waals surface area contributed by atoms with Crippen molar-refractivity contribution in [3.63, 3.8) is 0 Å². The first-order chi connectivity index (χ1) is 9.04. The second-order valence-corrected chi connectivity index (χ2v) is 5.20. The third-order valence-electron chi connectivity index (χ3n) is 3.51. The molecule has 0 saturated carbocycles. The lowest BCUT2D eigenvalue weighted by molar-refractivity contribution is 0.0739. The van der Waals surface area contributed by atoms with Gasteiger partial charge in [0.1, 0.15) is 0 Å². The summed E-state index contributed by atoms with van der Waals surface area (Å²) in [6, 6.07) is 1.62. The molecule has 1 aromatic rings. The largest absolute Gasteiger partial charge is 0.368 e. The molecule has 1 amide bonds. The minimum atomic E-state index is -0.555. The topological polar surface area (TPSA) is 45.2 Å². The molecule has 1 fully saturated rings. The Morgan fingerprint density at radius 3 is 2.89 bits per heavy atom. The Morgan fingerprint density at radius 2 is 2.32 bits per heavy atom. The van der Waals surface area contributed by atoms with E-state index in [-0.39, 0.29) is 23.3 Å². The summed E-state index contributed by atoms with van der Waals surface area (Å²) in [6.07, 6.45) is 2.44. The second-order valence-electron chi connectivity index (χ2n) is 5.20. The highest BCUT2D eigenvalue weighted by atomic mass is 19.1. The average Bonchev–Trinajstić information content (AvgIpc) is 2.70. The van der Waals surface area contributed by atoms with Crippen molar-refractivity contribution in [3.05, 3.63) is 23.6 Å². The molecular formula is C14H20FN3O. The molecule has 4 nitrogen and oxygen atoms in total. The van der Waals surface area contributed by atoms with Crippen molar-refractivity contribution in [1.82, 2.24) is 9.88 Å². The minimum absolute atomic E-state index is 0.104. The van der Waals surface area contributed by atoms with Gasteiger partial charge in [0.05, 0.1) is 5.56 Å². The Morgan fingerprint density at radius 1 is 1.58 bits per heavy atom. The van der Waals surface area contributed by atoms with Gasteiger partial charge in [0.25, 0.3) is 5.91 Å². The van der Waals surface area contributed by atoms with Crippen LogP contribution in [0.3, 0.4) is 0 Å². The summed E-state index contributed by atoms with van der Waals surface area (Å²) in [7, 11) is 0. The van der Waals surface area contributed by atoms with Crippen molar-refractivity contribution in [2.45, 2.75) is 33.2 Å². The third-order valence-corrected chi connectivity index (χ3v) is 3.51. The van der Waals surface area contributed by atoms with Gasteiger partial charge < -0.3 is 10.2 Å². The second kappa shape index (κ2) is 5.55. The zero-order valence-corrected chi connectivity index (χ0v) is 11.6. The molecule has 0 aliphatic carbocycles. The van der Waals surface area contributed by atoms with Crippen LogP contribution >= 0.6 is 0 Å². The maximum absolute atomic E-state index is 14.2. The van der Waals surface area contributed by atoms with Gasteiger partial charge in [0.15, 0.2) is 11.6 Å². The van der Waals surface area contributed by atoms with E-state index in [4.69, 9.17) is 0 Å². The first-order valence-electron chi connectivity index (χ1n) is 6.74. The molecule has 1 aliphatic heterocycles. The Labute approximate surface area is 113 Å². The van der Waals surface area contributed by atoms with Crippen LogP contribution < -0.4 is 5.32 Å². The molecule has 0 bridgehead atoms. The van der Waals surface area contributed by atoms with Gasteiger partial charge in [-0.05, 0) is 32.3 Å². The molecule has 1 saturated heterocycles. The van der Waals surface area contributed by atoms with Crippen molar-refractivity contribution in [3.8, 4) is 0 Å². The monoisotopic (exact) mass is 265 g/mol. The Balaban J connectivity index is 2.26. The van der Waals surface area contributed by atoms with Crippen LogP contribution in [0.15, 0.2) is 12.3 Å². The number of nitrogens with one attached hydrogen (secondary N) is 1. The van der Waals surface area contributed by atoms with Gasteiger partial charge in [-0.15, -0.1) is 0 Å². The lowest BCUT2D eigenvalue weighted by atomic mass is 10.1. The number of aromatic nitrogens is 1. The summed E-state index contributed by atoms with van der Waals surface area (Å²) >= 11 is 0. The predicted octanol–water partition coefficient (Wildman–Crippen LogP) is 2.52. The molecule has 2 atom stereocenters. The van der Waals surface area contributed by atoms with Crippen molar-refractivity contribution >= 4 is 11.7 Å². The van der Waals surface area contributed by atoms with E-state index in [0.29, 0.717) is 19.0 Å². The quantitative estimate of drug-likeness (QED) is 0.913. The summed E-state index contributed by atoms with van der Waals surface area (Å²) < 4.78 is 14.2. The van der Waals surface area contributed by atoms with Gasteiger partial charge in [0, 0.05) is 25.3 Å². The molecule has 5 heteroatoms. The number of carbonyl (C=O) groups excluding carboxylic acids is 1. The number of anilines is 1. The Hall–Kier alpha value is -1.65. The van der Waals surface area contributed by atoms with E-state index in [2.05, 4.69) is 17.2 Å². The molecule has 2 rings (SSSR count). The van der Waals surface area contributed by atoms with Crippen molar-refractivity contribution in [2.24, 2.45) is 5.92 Å². The molecule has 1 N–H and O–H groups in total. The SMILES string of the molecule is CCNc1nccc(C(=O)N2CC(C)CC2C)c1F. The molecule has 19 heavy (non-hydrogen) atoms. The first kappa shape index (κ1) is 13.8. The van der Waals surface area contributed by atoms with Gasteiger partial charge in [0.2, 0.25) is 0 Å². The highest BCUT2D eigenvalue weighted by Crippen LogP contribution is 2.26. The standard InChI is InChI=1S/C14H20FN3O/c1-4-16-13-12(15)11(5-6-17-13)14(19)18-8-9(2)7-10(18)3/h5-6,9-10H,4,7-8H2,1-3H3,(H,16,17). The zero-order valence-electron chi connectivity index (χ0n) is 11.6. The van der Waals surface area contributed by atoms with Crippen LogP contribution in [0.5, 0.6) is 0 Å². The van der Waals surface area contributed by atoms with Gasteiger partial charge in [-0.1, -0.05) is 6.92 Å². The van der Waals surface area contributed by atoms with E-state index in [9.17, 15) is 9.18 Å². The van der Waals surface area contributed by atoms with Crippen LogP contribution in [0.4, 0.5) is 10.2 Å². The highest BCUT2D eigenvalue weighted by Gasteiger charge is 2.32. The Bertz CT molecular complexity index is 478. The maximum atomic E-state index is 14.2. The van der Waals surface area contributed by atoms with E-state index in [1.165, 1.54) is 12.3 Å². The molecule has 2 unspecified atom stereocenters. The summed E-state index contributed by atoms with van der Waals surface area (Å²) in [6.45, 7) is 7.24. The number of rotatable bonds is 3. The first-order valence-corrected chi connectivity index (χ1v) is 6.74. The van der Waals surface area contributed by atoms with Gasteiger partial charge in [-0.2, -0.15) is 0 Å². The van der Waals surface area contributed by atoms with E-state index < -0.39 is 5.82 Å². The summed E-state index contributed by atoms with van der Waals surface area (Å²) in [5.74, 6) is -0.178. The molecule has 1 aliphatic rings. The van der Waals surface area contributed by atoms with Crippen LogP contribution in [0.1, 0.15) is 37.6 Å².